The van der Waals surface area contributed by atoms with Crippen LogP contribution in [0, 0.1) is 19.5 Å². The van der Waals surface area contributed by atoms with Crippen LogP contribution in [0.4, 0.5) is 15.9 Å². The summed E-state index contributed by atoms with van der Waals surface area (Å²) < 4.78 is 13.4. The van der Waals surface area contributed by atoms with Crippen molar-refractivity contribution in [1.29, 1.82) is 0 Å². The molecule has 1 heterocycles. The average molecular weight is 375 g/mol. The second-order valence-corrected chi connectivity index (χ2v) is 4.75. The molecule has 1 aromatic carbocycles. The lowest BCUT2D eigenvalue weighted by atomic mass is 10.3. The number of H-pyrrole nitrogens is 1. The highest BCUT2D eigenvalue weighted by atomic mass is 127. The number of anilines is 1. The zero-order valence-electron chi connectivity index (χ0n) is 9.31. The van der Waals surface area contributed by atoms with Crippen molar-refractivity contribution in [2.45, 2.75) is 0 Å². The first-order chi connectivity index (χ1) is 8.97. The number of hydrogen-bond acceptors (Lipinski definition) is 3. The van der Waals surface area contributed by atoms with Gasteiger partial charge in [0.25, 0.3) is 5.91 Å². The van der Waals surface area contributed by atoms with Gasteiger partial charge < -0.3 is 15.4 Å². The molecule has 2 rings (SSSR count). The Balaban J connectivity index is 2.18. The first-order valence-corrected chi connectivity index (χ1v) is 6.15. The second-order valence-electron chi connectivity index (χ2n) is 3.59. The van der Waals surface area contributed by atoms with Crippen LogP contribution in [0.2, 0.25) is 0 Å². The molecule has 98 valence electrons. The van der Waals surface area contributed by atoms with Gasteiger partial charge in [-0.25, -0.2) is 9.37 Å². The Kier molecular flexibility index (Phi) is 3.79. The first kappa shape index (κ1) is 13.5. The SMILES string of the molecule is O=C(Nc1ccc(F)cc1I)c1ccc([N+](=O)[O-])[nH]1. The molecule has 0 saturated heterocycles. The molecule has 8 heteroatoms. The zero-order valence-corrected chi connectivity index (χ0v) is 11.5. The van der Waals surface area contributed by atoms with E-state index in [4.69, 9.17) is 0 Å². The van der Waals surface area contributed by atoms with Gasteiger partial charge in [0.1, 0.15) is 5.82 Å². The summed E-state index contributed by atoms with van der Waals surface area (Å²) in [6.07, 6.45) is 0. The highest BCUT2D eigenvalue weighted by Crippen LogP contribution is 2.20. The van der Waals surface area contributed by atoms with Crippen molar-refractivity contribution in [3.8, 4) is 0 Å². The topological polar surface area (TPSA) is 88.0 Å². The number of aromatic amines is 1. The summed E-state index contributed by atoms with van der Waals surface area (Å²) in [5.41, 5.74) is 0.496. The van der Waals surface area contributed by atoms with Crippen LogP contribution in [-0.2, 0) is 0 Å². The van der Waals surface area contributed by atoms with Gasteiger partial charge in [-0.3, -0.25) is 4.79 Å². The zero-order chi connectivity index (χ0) is 14.0. The second kappa shape index (κ2) is 5.34. The fourth-order valence-corrected chi connectivity index (χ4v) is 2.02. The standard InChI is InChI=1S/C11H7FIN3O3/c12-6-1-2-8(7(13)5-6)15-11(17)9-3-4-10(14-9)16(18)19/h1-5,14H,(H,15,17). The van der Waals surface area contributed by atoms with E-state index in [1.54, 1.807) is 0 Å². The van der Waals surface area contributed by atoms with Crippen LogP contribution in [0.1, 0.15) is 10.5 Å². The van der Waals surface area contributed by atoms with Gasteiger partial charge in [-0.2, -0.15) is 0 Å². The highest BCUT2D eigenvalue weighted by molar-refractivity contribution is 14.1. The lowest BCUT2D eigenvalue weighted by Crippen LogP contribution is -2.13. The average Bonchev–Trinajstić information content (AvgIpc) is 2.82. The number of carbonyl (C=O) groups excluding carboxylic acids is 1. The molecule has 0 atom stereocenters. The molecule has 0 aliphatic carbocycles. The number of nitrogens with zero attached hydrogens (tertiary/aromatic N) is 1. The predicted molar refractivity (Wildman–Crippen MR) is 74.5 cm³/mol. The van der Waals surface area contributed by atoms with E-state index in [1.807, 2.05) is 22.6 Å². The van der Waals surface area contributed by atoms with Crippen LogP contribution >= 0.6 is 22.6 Å². The van der Waals surface area contributed by atoms with Gasteiger partial charge in [0.15, 0.2) is 5.69 Å². The smallest absolute Gasteiger partial charge is 0.321 e. The monoisotopic (exact) mass is 375 g/mol. The molecular formula is C11H7FIN3O3. The van der Waals surface area contributed by atoms with E-state index < -0.39 is 16.6 Å². The van der Waals surface area contributed by atoms with E-state index in [9.17, 15) is 19.3 Å². The van der Waals surface area contributed by atoms with Crippen LogP contribution in [0.15, 0.2) is 30.3 Å². The van der Waals surface area contributed by atoms with E-state index in [0.29, 0.717) is 9.26 Å². The normalized spacial score (nSPS) is 10.2. The maximum Gasteiger partial charge on any atom is 0.321 e. The molecule has 2 N–H and O–H groups in total. The fourth-order valence-electron chi connectivity index (χ4n) is 1.40. The maximum atomic E-state index is 12.9. The minimum atomic E-state index is -0.627. The van der Waals surface area contributed by atoms with E-state index >= 15 is 0 Å². The van der Waals surface area contributed by atoms with E-state index in [1.165, 1.54) is 30.3 Å². The molecule has 0 saturated carbocycles. The molecule has 0 aliphatic heterocycles. The number of hydrogen-bond donors (Lipinski definition) is 2. The van der Waals surface area contributed by atoms with Gasteiger partial charge in [-0.1, -0.05) is 0 Å². The largest absolute Gasteiger partial charge is 0.358 e. The lowest BCUT2D eigenvalue weighted by molar-refractivity contribution is -0.389. The van der Waals surface area contributed by atoms with Gasteiger partial charge in [0.05, 0.1) is 5.69 Å². The van der Waals surface area contributed by atoms with Crippen LogP contribution in [0.3, 0.4) is 0 Å². The quantitative estimate of drug-likeness (QED) is 0.491. The number of aromatic nitrogens is 1. The summed E-state index contributed by atoms with van der Waals surface area (Å²) in [6, 6.07) is 6.42. The Morgan fingerprint density at radius 2 is 2.11 bits per heavy atom. The summed E-state index contributed by atoms with van der Waals surface area (Å²) >= 11 is 1.88. The predicted octanol–water partition coefficient (Wildman–Crippen LogP) is 2.92. The minimum absolute atomic E-state index is 0.0619. The molecule has 19 heavy (non-hydrogen) atoms. The number of amides is 1. The van der Waals surface area contributed by atoms with Gasteiger partial charge in [-0.05, 0) is 51.8 Å². The molecule has 1 amide bonds. The summed E-state index contributed by atoms with van der Waals surface area (Å²) in [4.78, 5) is 24.1. The van der Waals surface area contributed by atoms with Crippen LogP contribution in [0.25, 0.3) is 0 Å². The van der Waals surface area contributed by atoms with Crippen molar-refractivity contribution in [2.75, 3.05) is 5.32 Å². The molecule has 0 unspecified atom stereocenters. The molecule has 0 bridgehead atoms. The third kappa shape index (κ3) is 3.08. The first-order valence-electron chi connectivity index (χ1n) is 5.07. The Hall–Kier alpha value is -1.97. The van der Waals surface area contributed by atoms with Gasteiger partial charge in [0.2, 0.25) is 0 Å². The number of halogens is 2. The number of rotatable bonds is 3. The maximum absolute atomic E-state index is 12.9. The van der Waals surface area contributed by atoms with Crippen molar-refractivity contribution in [1.82, 2.24) is 4.98 Å². The Morgan fingerprint density at radius 3 is 2.68 bits per heavy atom. The summed E-state index contributed by atoms with van der Waals surface area (Å²) in [6.45, 7) is 0. The van der Waals surface area contributed by atoms with Crippen LogP contribution < -0.4 is 5.32 Å². The Morgan fingerprint density at radius 1 is 1.37 bits per heavy atom. The minimum Gasteiger partial charge on any atom is -0.358 e. The van der Waals surface area contributed by atoms with Gasteiger partial charge in [0, 0.05) is 9.64 Å². The molecule has 0 radical (unpaired) electrons. The van der Waals surface area contributed by atoms with Crippen molar-refractivity contribution in [2.24, 2.45) is 0 Å². The number of benzene rings is 1. The lowest BCUT2D eigenvalue weighted by Gasteiger charge is -2.05. The van der Waals surface area contributed by atoms with Crippen LogP contribution in [0.5, 0.6) is 0 Å². The molecular weight excluding hydrogens is 368 g/mol. The summed E-state index contributed by atoms with van der Waals surface area (Å²) in [7, 11) is 0. The molecule has 6 nitrogen and oxygen atoms in total. The number of nitro groups is 1. The molecule has 0 aliphatic rings. The van der Waals surface area contributed by atoms with Gasteiger partial charge >= 0.3 is 5.82 Å². The van der Waals surface area contributed by atoms with Crippen LogP contribution in [-0.4, -0.2) is 15.8 Å². The number of nitrogens with one attached hydrogen (secondary N) is 2. The third-order valence-electron chi connectivity index (χ3n) is 2.29. The fraction of sp³-hybridized carbons (Fsp3) is 0. The van der Waals surface area contributed by atoms with Crippen molar-refractivity contribution in [3.63, 3.8) is 0 Å². The third-order valence-corrected chi connectivity index (χ3v) is 3.18. The summed E-state index contributed by atoms with van der Waals surface area (Å²) in [5.74, 6) is -1.20. The van der Waals surface area contributed by atoms with E-state index in [2.05, 4.69) is 10.3 Å². The van der Waals surface area contributed by atoms with Crippen molar-refractivity contribution in [3.05, 3.63) is 55.5 Å². The molecule has 1 aromatic heterocycles. The van der Waals surface area contributed by atoms with E-state index in [0.717, 1.165) is 0 Å². The van der Waals surface area contributed by atoms with Crippen molar-refractivity contribution < 1.29 is 14.1 Å². The molecule has 2 aromatic rings. The van der Waals surface area contributed by atoms with E-state index in [-0.39, 0.29) is 11.5 Å². The Bertz CT molecular complexity index is 656. The number of carbonyl (C=O) groups is 1. The molecule has 0 fully saturated rings. The molecule has 0 spiro atoms. The van der Waals surface area contributed by atoms with Crippen molar-refractivity contribution >= 4 is 40.0 Å². The highest BCUT2D eigenvalue weighted by Gasteiger charge is 2.16. The Labute approximate surface area is 120 Å². The van der Waals surface area contributed by atoms with Gasteiger partial charge in [-0.15, -0.1) is 0 Å². The summed E-state index contributed by atoms with van der Waals surface area (Å²) in [5, 5.41) is 13.0.